The van der Waals surface area contributed by atoms with Crippen molar-refractivity contribution in [1.29, 1.82) is 0 Å². The minimum absolute atomic E-state index is 0.0694. The van der Waals surface area contributed by atoms with Crippen LogP contribution in [0.5, 0.6) is 0 Å². The number of aromatic nitrogens is 2. The predicted molar refractivity (Wildman–Crippen MR) is 159 cm³/mol. The molecule has 0 radical (unpaired) electrons. The molecule has 2 heterocycles. The van der Waals surface area contributed by atoms with Gasteiger partial charge in [0, 0.05) is 16.3 Å². The second-order valence-corrected chi connectivity index (χ2v) is 12.0. The number of esters is 1. The second-order valence-electron chi connectivity index (χ2n) is 9.37. The van der Waals surface area contributed by atoms with Gasteiger partial charge >= 0.3 is 11.9 Å². The first kappa shape index (κ1) is 28.5. The Morgan fingerprint density at radius 2 is 1.76 bits per heavy atom. The van der Waals surface area contributed by atoms with Crippen LogP contribution in [-0.2, 0) is 20.1 Å². The molecule has 0 bridgehead atoms. The summed E-state index contributed by atoms with van der Waals surface area (Å²) in [6, 6.07) is 18.3. The number of benzene rings is 3. The maximum Gasteiger partial charge on any atom is 0.337 e. The summed E-state index contributed by atoms with van der Waals surface area (Å²) in [6.45, 7) is 3.70. The number of ketones is 1. The van der Waals surface area contributed by atoms with Crippen molar-refractivity contribution in [2.75, 3.05) is 12.0 Å². The van der Waals surface area contributed by atoms with E-state index in [4.69, 9.17) is 16.3 Å². The highest BCUT2D eigenvalue weighted by Crippen LogP contribution is 2.44. The minimum Gasteiger partial charge on any atom is -0.507 e. The van der Waals surface area contributed by atoms with Gasteiger partial charge < -0.3 is 9.84 Å². The molecule has 1 N–H and O–H groups in total. The fraction of sp³-hybridized carbons (Fsp3) is 0.167. The standard InChI is InChI=1S/C30H24ClN3O5S2/c1-16-4-5-17(2)22(14-16)25(35)23-24(19-8-10-20(11-9-19)28(38)39-3)34(27(37)26(23)36)29-32-33-30(41-29)40-15-18-6-12-21(31)13-7-18/h4-14,24,35H,15H2,1-3H3. The lowest BCUT2D eigenvalue weighted by Crippen LogP contribution is -2.29. The lowest BCUT2D eigenvalue weighted by Gasteiger charge is -2.23. The molecule has 5 rings (SSSR count). The van der Waals surface area contributed by atoms with Gasteiger partial charge in [0.15, 0.2) is 4.34 Å². The summed E-state index contributed by atoms with van der Waals surface area (Å²) in [4.78, 5) is 40.3. The maximum absolute atomic E-state index is 13.5. The Morgan fingerprint density at radius 1 is 1.05 bits per heavy atom. The Kier molecular flexibility index (Phi) is 8.25. The Morgan fingerprint density at radius 3 is 2.44 bits per heavy atom. The van der Waals surface area contributed by atoms with Gasteiger partial charge in [-0.05, 0) is 60.9 Å². The van der Waals surface area contributed by atoms with Crippen molar-refractivity contribution in [2.45, 2.75) is 30.0 Å². The number of aliphatic hydroxyl groups is 1. The molecule has 1 unspecified atom stereocenters. The molecule has 0 spiro atoms. The summed E-state index contributed by atoms with van der Waals surface area (Å²) in [5.41, 5.74) is 3.87. The Balaban J connectivity index is 1.57. The molecule has 1 atom stereocenters. The van der Waals surface area contributed by atoms with Crippen LogP contribution in [0.25, 0.3) is 5.76 Å². The number of aryl methyl sites for hydroxylation is 2. The molecular formula is C30H24ClN3O5S2. The first-order valence-electron chi connectivity index (χ1n) is 12.5. The number of halogens is 1. The second kappa shape index (κ2) is 11.9. The Labute approximate surface area is 249 Å². The number of methoxy groups -OCH3 is 1. The minimum atomic E-state index is -0.997. The molecule has 1 aliphatic heterocycles. The van der Waals surface area contributed by atoms with Crippen LogP contribution in [0.4, 0.5) is 5.13 Å². The van der Waals surface area contributed by atoms with E-state index >= 15 is 0 Å². The number of hydrogen-bond donors (Lipinski definition) is 1. The van der Waals surface area contributed by atoms with E-state index in [0.29, 0.717) is 31.8 Å². The van der Waals surface area contributed by atoms with E-state index in [1.165, 1.54) is 35.1 Å². The smallest absolute Gasteiger partial charge is 0.337 e. The molecule has 1 fully saturated rings. The monoisotopic (exact) mass is 605 g/mol. The van der Waals surface area contributed by atoms with Crippen molar-refractivity contribution < 1.29 is 24.2 Å². The predicted octanol–water partition coefficient (Wildman–Crippen LogP) is 6.51. The molecular weight excluding hydrogens is 582 g/mol. The lowest BCUT2D eigenvalue weighted by atomic mass is 9.93. The van der Waals surface area contributed by atoms with Crippen molar-refractivity contribution >= 4 is 63.3 Å². The zero-order chi connectivity index (χ0) is 29.3. The van der Waals surface area contributed by atoms with Crippen LogP contribution >= 0.6 is 34.7 Å². The fourth-order valence-electron chi connectivity index (χ4n) is 4.48. The van der Waals surface area contributed by atoms with Crippen LogP contribution in [0.2, 0.25) is 5.02 Å². The van der Waals surface area contributed by atoms with Gasteiger partial charge in [0.2, 0.25) is 5.13 Å². The first-order valence-corrected chi connectivity index (χ1v) is 14.6. The van der Waals surface area contributed by atoms with Crippen molar-refractivity contribution in [3.05, 3.63) is 111 Å². The number of ether oxygens (including phenoxy) is 1. The van der Waals surface area contributed by atoms with Gasteiger partial charge in [0.1, 0.15) is 5.76 Å². The number of amides is 1. The van der Waals surface area contributed by atoms with E-state index in [0.717, 1.165) is 16.7 Å². The summed E-state index contributed by atoms with van der Waals surface area (Å²) in [7, 11) is 1.29. The van der Waals surface area contributed by atoms with E-state index < -0.39 is 23.7 Å². The quantitative estimate of drug-likeness (QED) is 0.0634. The maximum atomic E-state index is 13.5. The van der Waals surface area contributed by atoms with Crippen LogP contribution < -0.4 is 4.90 Å². The molecule has 1 saturated heterocycles. The van der Waals surface area contributed by atoms with E-state index in [1.54, 1.807) is 30.3 Å². The average molecular weight is 606 g/mol. The third-order valence-corrected chi connectivity index (χ3v) is 9.00. The third-order valence-electron chi connectivity index (χ3n) is 6.62. The van der Waals surface area contributed by atoms with E-state index in [-0.39, 0.29) is 16.5 Å². The van der Waals surface area contributed by atoms with Crippen molar-refractivity contribution in [1.82, 2.24) is 10.2 Å². The van der Waals surface area contributed by atoms with Crippen molar-refractivity contribution in [3.8, 4) is 0 Å². The van der Waals surface area contributed by atoms with Gasteiger partial charge in [0.25, 0.3) is 5.78 Å². The van der Waals surface area contributed by atoms with Gasteiger partial charge in [-0.2, -0.15) is 0 Å². The van der Waals surface area contributed by atoms with Gasteiger partial charge in [0.05, 0.1) is 24.3 Å². The average Bonchev–Trinajstić information content (AvgIpc) is 3.55. The molecule has 8 nitrogen and oxygen atoms in total. The molecule has 3 aromatic carbocycles. The van der Waals surface area contributed by atoms with E-state index in [9.17, 15) is 19.5 Å². The normalized spacial score (nSPS) is 16.3. The van der Waals surface area contributed by atoms with Crippen LogP contribution in [0.3, 0.4) is 0 Å². The number of hydrogen-bond acceptors (Lipinski definition) is 9. The number of nitrogens with zero attached hydrogens (tertiary/aromatic N) is 3. The Hall–Kier alpha value is -3.99. The number of Topliss-reactive ketones (excluding diaryl/α,β-unsaturated/α-hetero) is 1. The number of carbonyl (C=O) groups excluding carboxylic acids is 3. The highest BCUT2D eigenvalue weighted by molar-refractivity contribution is 8.00. The van der Waals surface area contributed by atoms with E-state index in [2.05, 4.69) is 10.2 Å². The fourth-order valence-corrected chi connectivity index (χ4v) is 6.43. The van der Waals surface area contributed by atoms with Crippen LogP contribution in [0, 0.1) is 13.8 Å². The zero-order valence-electron chi connectivity index (χ0n) is 22.3. The highest BCUT2D eigenvalue weighted by atomic mass is 35.5. The summed E-state index contributed by atoms with van der Waals surface area (Å²) in [5, 5.41) is 20.8. The largest absolute Gasteiger partial charge is 0.507 e. The highest BCUT2D eigenvalue weighted by Gasteiger charge is 2.48. The van der Waals surface area contributed by atoms with E-state index in [1.807, 2.05) is 50.2 Å². The molecule has 208 valence electrons. The van der Waals surface area contributed by atoms with Gasteiger partial charge in [-0.25, -0.2) is 4.79 Å². The summed E-state index contributed by atoms with van der Waals surface area (Å²) in [5.74, 6) is -1.86. The van der Waals surface area contributed by atoms with Gasteiger partial charge in [-0.3, -0.25) is 14.5 Å². The zero-order valence-corrected chi connectivity index (χ0v) is 24.6. The molecule has 1 aromatic heterocycles. The first-order chi connectivity index (χ1) is 19.7. The van der Waals surface area contributed by atoms with Gasteiger partial charge in [-0.15, -0.1) is 10.2 Å². The summed E-state index contributed by atoms with van der Waals surface area (Å²) >= 11 is 8.59. The molecule has 41 heavy (non-hydrogen) atoms. The molecule has 1 amide bonds. The van der Waals surface area contributed by atoms with Gasteiger partial charge in [-0.1, -0.05) is 76.7 Å². The van der Waals surface area contributed by atoms with Crippen LogP contribution in [0.15, 0.2) is 76.6 Å². The molecule has 1 aliphatic rings. The van der Waals surface area contributed by atoms with Crippen molar-refractivity contribution in [3.63, 3.8) is 0 Å². The SMILES string of the molecule is COC(=O)c1ccc(C2C(=C(O)c3cc(C)ccc3C)C(=O)C(=O)N2c2nnc(SCc3ccc(Cl)cc3)s2)cc1. The Bertz CT molecular complexity index is 1680. The van der Waals surface area contributed by atoms with Crippen LogP contribution in [-0.4, -0.2) is 40.1 Å². The molecule has 11 heteroatoms. The molecule has 4 aromatic rings. The number of anilines is 1. The number of aliphatic hydroxyl groups excluding tert-OH is 1. The topological polar surface area (TPSA) is 110 Å². The summed E-state index contributed by atoms with van der Waals surface area (Å²) in [6.07, 6.45) is 0. The third kappa shape index (κ3) is 5.76. The number of rotatable bonds is 7. The number of thioether (sulfide) groups is 1. The van der Waals surface area contributed by atoms with Crippen molar-refractivity contribution in [2.24, 2.45) is 0 Å². The van der Waals surface area contributed by atoms with Crippen LogP contribution in [0.1, 0.15) is 44.2 Å². The summed E-state index contributed by atoms with van der Waals surface area (Å²) < 4.78 is 5.40. The molecule has 0 aliphatic carbocycles. The molecule has 0 saturated carbocycles. The number of carbonyl (C=O) groups is 3. The lowest BCUT2D eigenvalue weighted by molar-refractivity contribution is -0.132.